The number of hydrogen-bond acceptors (Lipinski definition) is 4. The van der Waals surface area contributed by atoms with Crippen LogP contribution in [-0.4, -0.2) is 39.4 Å². The maximum atomic E-state index is 13.4. The van der Waals surface area contributed by atoms with Gasteiger partial charge in [0.2, 0.25) is 0 Å². The highest BCUT2D eigenvalue weighted by Gasteiger charge is 2.12. The molecule has 0 unspecified atom stereocenters. The zero-order valence-corrected chi connectivity index (χ0v) is 10.2. The number of rotatable bonds is 8. The highest BCUT2D eigenvalue weighted by molar-refractivity contribution is 5.97. The number of halogens is 1. The molecule has 5 nitrogen and oxygen atoms in total. The predicted molar refractivity (Wildman–Crippen MR) is 65.6 cm³/mol. The van der Waals surface area contributed by atoms with Gasteiger partial charge in [0, 0.05) is 7.11 Å². The molecule has 0 saturated heterocycles. The zero-order chi connectivity index (χ0) is 13.4. The minimum Gasteiger partial charge on any atom is -0.490 e. The van der Waals surface area contributed by atoms with Crippen molar-refractivity contribution < 1.29 is 18.6 Å². The summed E-state index contributed by atoms with van der Waals surface area (Å²) in [4.78, 5) is 0. The molecule has 0 aliphatic heterocycles. The van der Waals surface area contributed by atoms with Crippen LogP contribution < -0.4 is 10.5 Å². The van der Waals surface area contributed by atoms with Crippen molar-refractivity contribution in [2.45, 2.75) is 0 Å². The van der Waals surface area contributed by atoms with Gasteiger partial charge in [0.25, 0.3) is 0 Å². The molecule has 100 valence electrons. The standard InChI is InChI=1S/C12H17FN2O3/c1-16-5-6-17-7-8-18-10-4-2-3-9(13)11(10)12(14)15/h2-4H,5-8H2,1H3,(H3,14,15). The first-order valence-corrected chi connectivity index (χ1v) is 5.49. The molecule has 18 heavy (non-hydrogen) atoms. The Labute approximate surface area is 105 Å². The number of amidine groups is 1. The Hall–Kier alpha value is -1.66. The molecule has 0 aliphatic carbocycles. The first kappa shape index (κ1) is 14.4. The van der Waals surface area contributed by atoms with Crippen LogP contribution >= 0.6 is 0 Å². The first-order chi connectivity index (χ1) is 8.66. The van der Waals surface area contributed by atoms with Crippen molar-refractivity contribution in [3.05, 3.63) is 29.6 Å². The van der Waals surface area contributed by atoms with Gasteiger partial charge in [0.05, 0.1) is 25.4 Å². The smallest absolute Gasteiger partial charge is 0.137 e. The summed E-state index contributed by atoms with van der Waals surface area (Å²) < 4.78 is 28.8. The summed E-state index contributed by atoms with van der Waals surface area (Å²) in [5.41, 5.74) is 5.28. The second-order valence-corrected chi connectivity index (χ2v) is 3.48. The zero-order valence-electron chi connectivity index (χ0n) is 10.2. The van der Waals surface area contributed by atoms with E-state index < -0.39 is 5.82 Å². The Morgan fingerprint density at radius 1 is 1.28 bits per heavy atom. The Bertz CT molecular complexity index is 399. The van der Waals surface area contributed by atoms with E-state index in [4.69, 9.17) is 25.4 Å². The Morgan fingerprint density at radius 2 is 2.00 bits per heavy atom. The molecule has 0 bridgehead atoms. The van der Waals surface area contributed by atoms with Crippen LogP contribution in [-0.2, 0) is 9.47 Å². The van der Waals surface area contributed by atoms with Gasteiger partial charge in [-0.05, 0) is 12.1 Å². The quantitative estimate of drug-likeness (QED) is 0.415. The summed E-state index contributed by atoms with van der Waals surface area (Å²) in [6.45, 7) is 1.60. The van der Waals surface area contributed by atoms with Crippen LogP contribution in [0.5, 0.6) is 5.75 Å². The van der Waals surface area contributed by atoms with Crippen LogP contribution in [0.15, 0.2) is 18.2 Å². The summed E-state index contributed by atoms with van der Waals surface area (Å²) in [6, 6.07) is 4.30. The van der Waals surface area contributed by atoms with Crippen molar-refractivity contribution >= 4 is 5.84 Å². The van der Waals surface area contributed by atoms with E-state index in [0.29, 0.717) is 19.8 Å². The molecule has 0 spiro atoms. The highest BCUT2D eigenvalue weighted by atomic mass is 19.1. The number of benzene rings is 1. The summed E-state index contributed by atoms with van der Waals surface area (Å²) in [5.74, 6) is -0.679. The van der Waals surface area contributed by atoms with Crippen molar-refractivity contribution in [1.29, 1.82) is 5.41 Å². The van der Waals surface area contributed by atoms with E-state index in [2.05, 4.69) is 0 Å². The lowest BCUT2D eigenvalue weighted by Gasteiger charge is -2.11. The van der Waals surface area contributed by atoms with E-state index in [9.17, 15) is 4.39 Å². The molecule has 1 aromatic carbocycles. The molecular formula is C12H17FN2O3. The molecule has 0 fully saturated rings. The first-order valence-electron chi connectivity index (χ1n) is 5.49. The summed E-state index contributed by atoms with van der Waals surface area (Å²) in [7, 11) is 1.59. The minimum atomic E-state index is -0.569. The number of hydrogen-bond donors (Lipinski definition) is 2. The average Bonchev–Trinajstić information content (AvgIpc) is 2.33. The number of nitrogen functional groups attached to an aromatic ring is 1. The monoisotopic (exact) mass is 256 g/mol. The van der Waals surface area contributed by atoms with Gasteiger partial charge in [-0.3, -0.25) is 5.41 Å². The van der Waals surface area contributed by atoms with Gasteiger partial charge in [0.15, 0.2) is 0 Å². The molecular weight excluding hydrogens is 239 g/mol. The SMILES string of the molecule is COCCOCCOc1cccc(F)c1C(=N)N. The van der Waals surface area contributed by atoms with Crippen LogP contribution in [0.25, 0.3) is 0 Å². The van der Waals surface area contributed by atoms with Gasteiger partial charge in [-0.25, -0.2) is 4.39 Å². The molecule has 0 saturated carbocycles. The third-order valence-electron chi connectivity index (χ3n) is 2.16. The van der Waals surface area contributed by atoms with Crippen molar-refractivity contribution in [3.63, 3.8) is 0 Å². The fourth-order valence-electron chi connectivity index (χ4n) is 1.34. The van der Waals surface area contributed by atoms with E-state index in [1.165, 1.54) is 12.1 Å². The number of methoxy groups -OCH3 is 1. The van der Waals surface area contributed by atoms with Gasteiger partial charge in [-0.2, -0.15) is 0 Å². The lowest BCUT2D eigenvalue weighted by Crippen LogP contribution is -2.17. The fraction of sp³-hybridized carbons (Fsp3) is 0.417. The Morgan fingerprint density at radius 3 is 2.67 bits per heavy atom. The average molecular weight is 256 g/mol. The van der Waals surface area contributed by atoms with Crippen molar-refractivity contribution in [2.24, 2.45) is 5.73 Å². The number of nitrogens with one attached hydrogen (secondary N) is 1. The molecule has 0 atom stereocenters. The van der Waals surface area contributed by atoms with Gasteiger partial charge in [0.1, 0.15) is 24.0 Å². The van der Waals surface area contributed by atoms with Crippen LogP contribution in [0.1, 0.15) is 5.56 Å². The molecule has 0 radical (unpaired) electrons. The van der Waals surface area contributed by atoms with E-state index in [0.717, 1.165) is 0 Å². The number of nitrogens with two attached hydrogens (primary N) is 1. The van der Waals surface area contributed by atoms with Crippen LogP contribution in [0.3, 0.4) is 0 Å². The molecule has 0 aliphatic rings. The molecule has 6 heteroatoms. The topological polar surface area (TPSA) is 77.6 Å². The largest absolute Gasteiger partial charge is 0.490 e. The lowest BCUT2D eigenvalue weighted by molar-refractivity contribution is 0.0543. The fourth-order valence-corrected chi connectivity index (χ4v) is 1.34. The summed E-state index contributed by atoms with van der Waals surface area (Å²) in [6.07, 6.45) is 0. The van der Waals surface area contributed by atoms with E-state index in [1.807, 2.05) is 0 Å². The van der Waals surface area contributed by atoms with Gasteiger partial charge in [-0.15, -0.1) is 0 Å². The maximum absolute atomic E-state index is 13.4. The maximum Gasteiger partial charge on any atom is 0.137 e. The normalized spacial score (nSPS) is 10.3. The van der Waals surface area contributed by atoms with E-state index in [-0.39, 0.29) is 23.8 Å². The predicted octanol–water partition coefficient (Wildman–Crippen LogP) is 1.15. The lowest BCUT2D eigenvalue weighted by atomic mass is 10.1. The molecule has 3 N–H and O–H groups in total. The van der Waals surface area contributed by atoms with E-state index in [1.54, 1.807) is 13.2 Å². The highest BCUT2D eigenvalue weighted by Crippen LogP contribution is 2.20. The Balaban J connectivity index is 2.47. The minimum absolute atomic E-state index is 0.0191. The van der Waals surface area contributed by atoms with Crippen LogP contribution in [0.4, 0.5) is 4.39 Å². The van der Waals surface area contributed by atoms with Gasteiger partial charge >= 0.3 is 0 Å². The van der Waals surface area contributed by atoms with Gasteiger partial charge < -0.3 is 19.9 Å². The second-order valence-electron chi connectivity index (χ2n) is 3.48. The van der Waals surface area contributed by atoms with E-state index >= 15 is 0 Å². The van der Waals surface area contributed by atoms with Crippen molar-refractivity contribution in [2.75, 3.05) is 33.5 Å². The van der Waals surface area contributed by atoms with Gasteiger partial charge in [-0.1, -0.05) is 6.07 Å². The third kappa shape index (κ3) is 4.31. The summed E-state index contributed by atoms with van der Waals surface area (Å²) >= 11 is 0. The molecule has 0 amide bonds. The van der Waals surface area contributed by atoms with Crippen molar-refractivity contribution in [3.8, 4) is 5.75 Å². The third-order valence-corrected chi connectivity index (χ3v) is 2.16. The molecule has 0 heterocycles. The van der Waals surface area contributed by atoms with Crippen molar-refractivity contribution in [1.82, 2.24) is 0 Å². The molecule has 0 aromatic heterocycles. The molecule has 1 rings (SSSR count). The number of ether oxygens (including phenoxy) is 3. The summed E-state index contributed by atoms with van der Waals surface area (Å²) in [5, 5.41) is 7.30. The second kappa shape index (κ2) is 7.62. The Kier molecular flexibility index (Phi) is 6.10. The van der Waals surface area contributed by atoms with Crippen LogP contribution in [0, 0.1) is 11.2 Å². The molecule has 1 aromatic rings. The van der Waals surface area contributed by atoms with Crippen LogP contribution in [0.2, 0.25) is 0 Å².